The Morgan fingerprint density at radius 1 is 0.446 bits per heavy atom. The van der Waals surface area contributed by atoms with Crippen LogP contribution in [0.4, 0.5) is 0 Å². The Balaban J connectivity index is 3.84. The van der Waals surface area contributed by atoms with Crippen LogP contribution in [0.15, 0.2) is 0 Å². The number of unbranched alkanes of at least 4 members (excludes halogenated alkanes) is 44. The maximum Gasteiger partial charge on any atom is 0.472 e. The number of carbonyl (C=O) groups excluding carboxylic acids is 1. The topological polar surface area (TPSA) is 131 Å². The zero-order valence-electron chi connectivity index (χ0n) is 43.8. The van der Waals surface area contributed by atoms with Crippen molar-refractivity contribution >= 4 is 13.7 Å². The van der Waals surface area contributed by atoms with Gasteiger partial charge < -0.3 is 21.1 Å². The van der Waals surface area contributed by atoms with E-state index in [1.807, 2.05) is 0 Å². The van der Waals surface area contributed by atoms with E-state index in [1.165, 1.54) is 257 Å². The van der Waals surface area contributed by atoms with E-state index < -0.39 is 20.0 Å². The van der Waals surface area contributed by atoms with Gasteiger partial charge in [-0.3, -0.25) is 13.8 Å². The molecule has 0 aliphatic carbocycles. The first-order chi connectivity index (χ1) is 31.9. The number of phosphoric acid groups is 1. The molecule has 1 amide bonds. The molecule has 0 heterocycles. The molecule has 0 aliphatic heterocycles. The van der Waals surface area contributed by atoms with E-state index in [1.54, 1.807) is 0 Å². The highest BCUT2D eigenvalue weighted by Crippen LogP contribution is 2.43. The fraction of sp³-hybridized carbons (Fsp3) is 0.982. The zero-order valence-corrected chi connectivity index (χ0v) is 44.7. The quantitative estimate of drug-likeness (QED) is 0.0353. The number of nitrogens with two attached hydrogens (primary N) is 1. The molecule has 5 N–H and O–H groups in total. The van der Waals surface area contributed by atoms with Crippen LogP contribution in [0.1, 0.15) is 322 Å². The van der Waals surface area contributed by atoms with Crippen molar-refractivity contribution in [3.8, 4) is 0 Å². The smallest absolute Gasteiger partial charge is 0.391 e. The summed E-state index contributed by atoms with van der Waals surface area (Å²) in [6.45, 7) is 4.27. The Morgan fingerprint density at radius 3 is 0.985 bits per heavy atom. The molecule has 8 nitrogen and oxygen atoms in total. The third-order valence-corrected chi connectivity index (χ3v) is 14.7. The summed E-state index contributed by atoms with van der Waals surface area (Å²) in [5, 5.41) is 13.9. The van der Waals surface area contributed by atoms with Gasteiger partial charge in [-0.1, -0.05) is 303 Å². The highest BCUT2D eigenvalue weighted by molar-refractivity contribution is 7.47. The van der Waals surface area contributed by atoms with Gasteiger partial charge in [0.2, 0.25) is 5.91 Å². The van der Waals surface area contributed by atoms with Crippen LogP contribution in [-0.4, -0.2) is 47.8 Å². The van der Waals surface area contributed by atoms with Crippen LogP contribution in [0.3, 0.4) is 0 Å². The summed E-state index contributed by atoms with van der Waals surface area (Å²) in [6, 6.07) is -0.769. The maximum atomic E-state index is 12.9. The zero-order chi connectivity index (χ0) is 47.4. The standard InChI is InChI=1S/C56H115N2O6P/c1-3-5-7-9-11-13-15-17-19-21-22-23-24-25-26-27-28-29-30-31-32-33-34-36-38-40-42-44-46-48-50-56(60)58-54(53-64-65(61,62)63-52-51-57)55(59)49-47-45-43-41-39-37-35-20-18-16-14-12-10-8-6-4-2/h54-55,59H,3-53,57H2,1-2H3,(H,58,60)(H,61,62)/t54-,55+/m0/s1. The summed E-state index contributed by atoms with van der Waals surface area (Å²) >= 11 is 0. The van der Waals surface area contributed by atoms with E-state index in [0.717, 1.165) is 38.5 Å². The summed E-state index contributed by atoms with van der Waals surface area (Å²) < 4.78 is 22.3. The number of hydrogen-bond donors (Lipinski definition) is 4. The first-order valence-corrected chi connectivity index (χ1v) is 30.6. The average molecular weight is 944 g/mol. The molecule has 0 fully saturated rings. The Hall–Kier alpha value is -0.500. The van der Waals surface area contributed by atoms with Crippen molar-refractivity contribution in [2.45, 2.75) is 334 Å². The van der Waals surface area contributed by atoms with Gasteiger partial charge in [-0.15, -0.1) is 0 Å². The van der Waals surface area contributed by atoms with E-state index in [4.69, 9.17) is 14.8 Å². The third-order valence-electron chi connectivity index (χ3n) is 13.7. The highest BCUT2D eigenvalue weighted by atomic mass is 31.2. The summed E-state index contributed by atoms with van der Waals surface area (Å²) in [5.74, 6) is -0.152. The molecule has 0 saturated carbocycles. The van der Waals surface area contributed by atoms with Crippen molar-refractivity contribution < 1.29 is 28.4 Å². The lowest BCUT2D eigenvalue weighted by Crippen LogP contribution is -2.46. The normalized spacial score (nSPS) is 13.6. The van der Waals surface area contributed by atoms with Crippen LogP contribution < -0.4 is 11.1 Å². The second-order valence-electron chi connectivity index (χ2n) is 20.2. The van der Waals surface area contributed by atoms with E-state index in [2.05, 4.69) is 19.2 Å². The fourth-order valence-corrected chi connectivity index (χ4v) is 10.1. The number of hydrogen-bond acceptors (Lipinski definition) is 6. The summed E-state index contributed by atoms with van der Waals surface area (Å²) in [5.41, 5.74) is 5.41. The van der Waals surface area contributed by atoms with Gasteiger partial charge in [0.15, 0.2) is 0 Å². The molecule has 0 spiro atoms. The average Bonchev–Trinajstić information content (AvgIpc) is 3.30. The van der Waals surface area contributed by atoms with Crippen molar-refractivity contribution in [2.24, 2.45) is 5.73 Å². The van der Waals surface area contributed by atoms with Crippen molar-refractivity contribution in [2.75, 3.05) is 19.8 Å². The van der Waals surface area contributed by atoms with Gasteiger partial charge in [-0.25, -0.2) is 4.57 Å². The van der Waals surface area contributed by atoms with Gasteiger partial charge >= 0.3 is 7.82 Å². The molecule has 390 valence electrons. The predicted octanol–water partition coefficient (Wildman–Crippen LogP) is 17.7. The maximum absolute atomic E-state index is 12.9. The van der Waals surface area contributed by atoms with Crippen LogP contribution in [-0.2, 0) is 18.4 Å². The largest absolute Gasteiger partial charge is 0.472 e. The first kappa shape index (κ1) is 64.5. The lowest BCUT2D eigenvalue weighted by molar-refractivity contribution is -0.123. The van der Waals surface area contributed by atoms with Gasteiger partial charge in [-0.05, 0) is 12.8 Å². The minimum atomic E-state index is -4.32. The number of phosphoric ester groups is 1. The van der Waals surface area contributed by atoms with Crippen LogP contribution >= 0.6 is 7.82 Å². The molecule has 0 aromatic rings. The molecule has 65 heavy (non-hydrogen) atoms. The van der Waals surface area contributed by atoms with Crippen LogP contribution in [0.25, 0.3) is 0 Å². The molecule has 0 bridgehead atoms. The Morgan fingerprint density at radius 2 is 0.708 bits per heavy atom. The summed E-state index contributed by atoms with van der Waals surface area (Å²) in [6.07, 6.45) is 61.6. The third kappa shape index (κ3) is 51.2. The summed E-state index contributed by atoms with van der Waals surface area (Å²) in [7, 11) is -4.32. The first-order valence-electron chi connectivity index (χ1n) is 29.2. The van der Waals surface area contributed by atoms with Crippen LogP contribution in [0.2, 0.25) is 0 Å². The molecule has 1 unspecified atom stereocenters. The molecule has 0 saturated heterocycles. The van der Waals surface area contributed by atoms with Gasteiger partial charge in [0.05, 0.1) is 25.4 Å². The second kappa shape index (κ2) is 52.9. The van der Waals surface area contributed by atoms with E-state index in [9.17, 15) is 19.4 Å². The minimum absolute atomic E-state index is 0.0929. The Kier molecular flexibility index (Phi) is 52.5. The molecule has 0 aromatic carbocycles. The molecule has 3 atom stereocenters. The van der Waals surface area contributed by atoms with Crippen molar-refractivity contribution in [3.63, 3.8) is 0 Å². The SMILES string of the molecule is CCCCCCCCCCCCCCCCCCCCCCCCCCCCCCCCC(=O)N[C@@H](COP(=O)(O)OCCN)[C@H](O)CCCCCCCCCCCCCCCCCC. The lowest BCUT2D eigenvalue weighted by Gasteiger charge is -2.25. The number of aliphatic hydroxyl groups excluding tert-OH is 1. The molecule has 0 rings (SSSR count). The van der Waals surface area contributed by atoms with E-state index in [0.29, 0.717) is 12.8 Å². The van der Waals surface area contributed by atoms with Gasteiger partial charge in [-0.2, -0.15) is 0 Å². The second-order valence-corrected chi connectivity index (χ2v) is 21.7. The van der Waals surface area contributed by atoms with Crippen molar-refractivity contribution in [1.29, 1.82) is 0 Å². The molecule has 0 aliphatic rings. The minimum Gasteiger partial charge on any atom is -0.391 e. The number of rotatable bonds is 56. The fourth-order valence-electron chi connectivity index (χ4n) is 9.32. The van der Waals surface area contributed by atoms with Gasteiger partial charge in [0.1, 0.15) is 0 Å². The Labute approximate surface area is 405 Å². The Bertz CT molecular complexity index is 988. The van der Waals surface area contributed by atoms with Crippen molar-refractivity contribution in [1.82, 2.24) is 5.32 Å². The van der Waals surface area contributed by atoms with E-state index in [-0.39, 0.29) is 25.7 Å². The van der Waals surface area contributed by atoms with Crippen LogP contribution in [0, 0.1) is 0 Å². The van der Waals surface area contributed by atoms with Gasteiger partial charge in [0.25, 0.3) is 0 Å². The molecule has 0 aromatic heterocycles. The number of amides is 1. The van der Waals surface area contributed by atoms with Gasteiger partial charge in [0, 0.05) is 13.0 Å². The molecular formula is C56H115N2O6P. The summed E-state index contributed by atoms with van der Waals surface area (Å²) in [4.78, 5) is 22.9. The number of nitrogens with one attached hydrogen (secondary N) is 1. The van der Waals surface area contributed by atoms with Crippen LogP contribution in [0.5, 0.6) is 0 Å². The molecular weight excluding hydrogens is 828 g/mol. The predicted molar refractivity (Wildman–Crippen MR) is 282 cm³/mol. The monoisotopic (exact) mass is 943 g/mol. The lowest BCUT2D eigenvalue weighted by atomic mass is 10.0. The van der Waals surface area contributed by atoms with E-state index >= 15 is 0 Å². The number of carbonyl (C=O) groups is 1. The number of aliphatic hydroxyl groups is 1. The van der Waals surface area contributed by atoms with Crippen molar-refractivity contribution in [3.05, 3.63) is 0 Å². The molecule has 9 heteroatoms. The highest BCUT2D eigenvalue weighted by Gasteiger charge is 2.27. The molecule has 0 radical (unpaired) electrons.